The molecule has 0 N–H and O–H groups in total. The van der Waals surface area contributed by atoms with Crippen LogP contribution >= 0.6 is 0 Å². The molecule has 0 fully saturated rings. The number of hydrogen-bond acceptors (Lipinski definition) is 2. The molecule has 0 atom stereocenters. The summed E-state index contributed by atoms with van der Waals surface area (Å²) in [5.41, 5.74) is 0.347. The summed E-state index contributed by atoms with van der Waals surface area (Å²) in [6.07, 6.45) is 0. The van der Waals surface area contributed by atoms with Crippen molar-refractivity contribution in [3.05, 3.63) is 34.9 Å². The standard InChI is InChI=1S/C9H6FNO2/c1-11-4-6-2-8-9(3-7(6)10)13-5-12-8/h2-3H,4-5H2. The molecule has 1 aliphatic rings. The molecule has 0 radical (unpaired) electrons. The van der Waals surface area contributed by atoms with E-state index in [1.165, 1.54) is 12.1 Å². The predicted molar refractivity (Wildman–Crippen MR) is 42.8 cm³/mol. The number of ether oxygens (including phenoxy) is 2. The Bertz CT molecular complexity index is 384. The van der Waals surface area contributed by atoms with Gasteiger partial charge in [-0.2, -0.15) is 0 Å². The van der Waals surface area contributed by atoms with Crippen molar-refractivity contribution in [3.63, 3.8) is 0 Å². The van der Waals surface area contributed by atoms with Crippen LogP contribution in [0.15, 0.2) is 12.1 Å². The van der Waals surface area contributed by atoms with Gasteiger partial charge >= 0.3 is 0 Å². The van der Waals surface area contributed by atoms with Gasteiger partial charge in [0.25, 0.3) is 0 Å². The van der Waals surface area contributed by atoms with E-state index < -0.39 is 5.82 Å². The second-order valence-corrected chi connectivity index (χ2v) is 2.61. The van der Waals surface area contributed by atoms with E-state index >= 15 is 0 Å². The van der Waals surface area contributed by atoms with Gasteiger partial charge in [0, 0.05) is 6.07 Å². The number of rotatable bonds is 1. The van der Waals surface area contributed by atoms with E-state index in [-0.39, 0.29) is 13.3 Å². The minimum Gasteiger partial charge on any atom is -0.454 e. The van der Waals surface area contributed by atoms with Gasteiger partial charge in [-0.25, -0.2) is 11.0 Å². The van der Waals surface area contributed by atoms with Crippen LogP contribution in [-0.4, -0.2) is 6.79 Å². The molecule has 0 spiro atoms. The van der Waals surface area contributed by atoms with E-state index in [0.717, 1.165) is 0 Å². The van der Waals surface area contributed by atoms with E-state index in [1.807, 2.05) is 0 Å². The Balaban J connectivity index is 2.44. The maximum absolute atomic E-state index is 13.2. The average molecular weight is 179 g/mol. The van der Waals surface area contributed by atoms with Gasteiger partial charge in [0.05, 0.1) is 5.56 Å². The highest BCUT2D eigenvalue weighted by Crippen LogP contribution is 2.34. The van der Waals surface area contributed by atoms with Crippen LogP contribution < -0.4 is 9.47 Å². The van der Waals surface area contributed by atoms with Crippen molar-refractivity contribution < 1.29 is 13.9 Å². The van der Waals surface area contributed by atoms with Crippen molar-refractivity contribution in [1.82, 2.24) is 0 Å². The third-order valence-corrected chi connectivity index (χ3v) is 1.79. The van der Waals surface area contributed by atoms with Crippen LogP contribution in [0.4, 0.5) is 4.39 Å². The number of nitrogens with zero attached hydrogens (tertiary/aromatic N) is 1. The first-order valence-corrected chi connectivity index (χ1v) is 3.72. The minimum absolute atomic E-state index is 0.0302. The molecule has 0 aromatic heterocycles. The van der Waals surface area contributed by atoms with Gasteiger partial charge in [-0.15, -0.1) is 0 Å². The highest BCUT2D eigenvalue weighted by molar-refractivity contribution is 5.45. The molecule has 4 heteroatoms. The molecule has 2 rings (SSSR count). The first kappa shape index (κ1) is 7.87. The molecular weight excluding hydrogens is 173 g/mol. The van der Waals surface area contributed by atoms with Crippen molar-refractivity contribution in [2.45, 2.75) is 6.54 Å². The zero-order chi connectivity index (χ0) is 9.26. The predicted octanol–water partition coefficient (Wildman–Crippen LogP) is 1.97. The summed E-state index contributed by atoms with van der Waals surface area (Å²) in [4.78, 5) is 3.11. The van der Waals surface area contributed by atoms with Crippen molar-refractivity contribution in [2.75, 3.05) is 6.79 Å². The third kappa shape index (κ3) is 1.29. The molecule has 1 heterocycles. The van der Waals surface area contributed by atoms with Crippen molar-refractivity contribution in [1.29, 1.82) is 0 Å². The minimum atomic E-state index is -0.416. The zero-order valence-corrected chi connectivity index (χ0v) is 6.71. The molecule has 0 saturated heterocycles. The van der Waals surface area contributed by atoms with Gasteiger partial charge in [0.2, 0.25) is 13.3 Å². The summed E-state index contributed by atoms with van der Waals surface area (Å²) in [6, 6.07) is 2.76. The fourth-order valence-corrected chi connectivity index (χ4v) is 1.17. The van der Waals surface area contributed by atoms with E-state index in [9.17, 15) is 4.39 Å². The average Bonchev–Trinajstić information content (AvgIpc) is 2.52. The first-order chi connectivity index (χ1) is 6.31. The first-order valence-electron chi connectivity index (χ1n) is 3.72. The summed E-state index contributed by atoms with van der Waals surface area (Å²) >= 11 is 0. The van der Waals surface area contributed by atoms with Crippen molar-refractivity contribution in [2.24, 2.45) is 0 Å². The summed E-state index contributed by atoms with van der Waals surface area (Å²) in [5.74, 6) is 0.506. The van der Waals surface area contributed by atoms with Gasteiger partial charge < -0.3 is 14.3 Å². The normalized spacial score (nSPS) is 12.6. The Morgan fingerprint density at radius 1 is 1.38 bits per heavy atom. The molecule has 66 valence electrons. The van der Waals surface area contributed by atoms with Crippen molar-refractivity contribution in [3.8, 4) is 11.5 Å². The number of fused-ring (bicyclic) bond motifs is 1. The number of halogens is 1. The van der Waals surface area contributed by atoms with Crippen molar-refractivity contribution >= 4 is 0 Å². The lowest BCUT2D eigenvalue weighted by molar-refractivity contribution is 0.174. The lowest BCUT2D eigenvalue weighted by atomic mass is 10.2. The topological polar surface area (TPSA) is 22.8 Å². The molecule has 0 bridgehead atoms. The van der Waals surface area contributed by atoms with Crippen LogP contribution in [0.2, 0.25) is 0 Å². The number of hydrogen-bond donors (Lipinski definition) is 0. The Hall–Kier alpha value is -1.76. The fourth-order valence-electron chi connectivity index (χ4n) is 1.17. The van der Waals surface area contributed by atoms with Crippen LogP contribution in [0.3, 0.4) is 0 Å². The SMILES string of the molecule is [C-]#[N+]Cc1cc2c(cc1F)OCO2. The molecular formula is C9H6FNO2. The fraction of sp³-hybridized carbons (Fsp3) is 0.222. The maximum Gasteiger partial charge on any atom is 0.242 e. The van der Waals surface area contributed by atoms with Gasteiger partial charge in [-0.05, 0) is 6.07 Å². The van der Waals surface area contributed by atoms with E-state index in [4.69, 9.17) is 16.0 Å². The van der Waals surface area contributed by atoms with Crippen LogP contribution in [-0.2, 0) is 6.54 Å². The van der Waals surface area contributed by atoms with Gasteiger partial charge in [-0.3, -0.25) is 0 Å². The molecule has 1 aromatic rings. The van der Waals surface area contributed by atoms with Gasteiger partial charge in [0.1, 0.15) is 5.82 Å². The molecule has 0 saturated carbocycles. The molecule has 1 aromatic carbocycles. The molecule has 0 aliphatic carbocycles. The van der Waals surface area contributed by atoms with E-state index in [1.54, 1.807) is 0 Å². The molecule has 1 aliphatic heterocycles. The lowest BCUT2D eigenvalue weighted by Crippen LogP contribution is -1.92. The van der Waals surface area contributed by atoms with Crippen LogP contribution in [0.1, 0.15) is 5.56 Å². The number of benzene rings is 1. The second kappa shape index (κ2) is 2.94. The molecule has 13 heavy (non-hydrogen) atoms. The summed E-state index contributed by atoms with van der Waals surface area (Å²) in [5, 5.41) is 0. The maximum atomic E-state index is 13.2. The Labute approximate surface area is 74.5 Å². The van der Waals surface area contributed by atoms with Crippen LogP contribution in [0, 0.1) is 12.4 Å². The van der Waals surface area contributed by atoms with Crippen LogP contribution in [0.5, 0.6) is 11.5 Å². The summed E-state index contributed by atoms with van der Waals surface area (Å²) in [6.45, 7) is 6.77. The Kier molecular flexibility index (Phi) is 1.78. The molecule has 0 amide bonds. The second-order valence-electron chi connectivity index (χ2n) is 2.61. The lowest BCUT2D eigenvalue weighted by Gasteiger charge is -1.98. The largest absolute Gasteiger partial charge is 0.454 e. The molecule has 3 nitrogen and oxygen atoms in total. The highest BCUT2D eigenvalue weighted by atomic mass is 19.1. The van der Waals surface area contributed by atoms with Gasteiger partial charge in [0.15, 0.2) is 11.5 Å². The highest BCUT2D eigenvalue weighted by Gasteiger charge is 2.17. The van der Waals surface area contributed by atoms with E-state index in [2.05, 4.69) is 4.85 Å². The smallest absolute Gasteiger partial charge is 0.242 e. The van der Waals surface area contributed by atoms with E-state index in [0.29, 0.717) is 17.1 Å². The Morgan fingerprint density at radius 3 is 2.77 bits per heavy atom. The summed E-state index contributed by atoms with van der Waals surface area (Å²) in [7, 11) is 0. The zero-order valence-electron chi connectivity index (χ0n) is 6.71. The van der Waals surface area contributed by atoms with Crippen LogP contribution in [0.25, 0.3) is 4.85 Å². The molecule has 0 unspecified atom stereocenters. The monoisotopic (exact) mass is 179 g/mol. The quantitative estimate of drug-likeness (QED) is 0.615. The third-order valence-electron chi connectivity index (χ3n) is 1.79. The van der Waals surface area contributed by atoms with Gasteiger partial charge in [-0.1, -0.05) is 0 Å². The Morgan fingerprint density at radius 2 is 2.08 bits per heavy atom. The summed E-state index contributed by atoms with van der Waals surface area (Å²) < 4.78 is 23.2.